The molecule has 0 aliphatic carbocycles. The molecule has 0 radical (unpaired) electrons. The van der Waals surface area contributed by atoms with Gasteiger partial charge in [0, 0.05) is 5.00 Å². The number of halogens is 2. The van der Waals surface area contributed by atoms with E-state index >= 15 is 0 Å². The van der Waals surface area contributed by atoms with Crippen LogP contribution in [0.3, 0.4) is 0 Å². The summed E-state index contributed by atoms with van der Waals surface area (Å²) in [4.78, 5) is 1.95. The number of fused-ring (bicyclic) bond motifs is 1. The van der Waals surface area contributed by atoms with Crippen molar-refractivity contribution < 1.29 is 9.85 Å². The summed E-state index contributed by atoms with van der Waals surface area (Å²) < 4.78 is 13.5. The second kappa shape index (κ2) is 10.3. The maximum absolute atomic E-state index is 7.03. The monoisotopic (exact) mass is 560 g/mol. The molecule has 2 atom stereocenters. The average molecular weight is 561 g/mol. The van der Waals surface area contributed by atoms with Gasteiger partial charge in [-0.25, -0.2) is 0 Å². The van der Waals surface area contributed by atoms with Gasteiger partial charge in [-0.3, -0.25) is 0 Å². The Hall–Kier alpha value is -0.850. The van der Waals surface area contributed by atoms with E-state index in [1.165, 1.54) is 5.56 Å². The SMILES string of the molecule is S=PI.[3H]Oc1ccc([C@H]2Oc3cc(C)cc(Cl)c3S[C@H]2c2ccccc2)cc1. The minimum absolute atomic E-state index is 0.0756. The molecule has 3 aromatic carbocycles. The van der Waals surface area contributed by atoms with E-state index < -0.39 is 0 Å². The van der Waals surface area contributed by atoms with Crippen LogP contribution < -0.4 is 4.74 Å². The first-order valence-electron chi connectivity index (χ1n) is 8.83. The highest BCUT2D eigenvalue weighted by Crippen LogP contribution is 2.55. The molecular weight excluding hydrogens is 542 g/mol. The third-order valence-corrected chi connectivity index (χ3v) is 6.10. The molecular formula is C21H17ClIO2PS2. The summed E-state index contributed by atoms with van der Waals surface area (Å²) in [5.41, 5.74) is 3.30. The number of thioether (sulfide) groups is 1. The molecule has 0 fully saturated rings. The van der Waals surface area contributed by atoms with Crippen molar-refractivity contribution in [3.63, 3.8) is 0 Å². The van der Waals surface area contributed by atoms with Crippen LogP contribution in [0.5, 0.6) is 11.5 Å². The fourth-order valence-corrected chi connectivity index (χ4v) is 4.75. The van der Waals surface area contributed by atoms with Crippen LogP contribution in [0.2, 0.25) is 5.02 Å². The zero-order valence-electron chi connectivity index (χ0n) is 15.8. The summed E-state index contributed by atoms with van der Waals surface area (Å²) in [7, 11) is 0. The Labute approximate surface area is 195 Å². The molecule has 144 valence electrons. The van der Waals surface area contributed by atoms with Crippen LogP contribution in [-0.2, 0) is 11.8 Å². The number of hydrogen-bond acceptors (Lipinski definition) is 4. The highest BCUT2D eigenvalue weighted by atomic mass is 127. The van der Waals surface area contributed by atoms with E-state index in [9.17, 15) is 0 Å². The molecule has 0 unspecified atom stereocenters. The molecule has 1 aliphatic rings. The number of phenolic OH excluding ortho intramolecular Hbond substituents is 1. The maximum atomic E-state index is 7.03. The standard InChI is InChI=1S/C21H17ClO2S.IPS/c1-13-11-17(22)21-18(12-13)24-19(14-7-9-16(23)10-8-14)20(25-21)15-5-3-2-4-6-15;1-2-3/h2-12,19-20,23H,1H3;/t19-,20+;/m1./s1/i/hT. The summed E-state index contributed by atoms with van der Waals surface area (Å²) >= 11 is 14.7. The van der Waals surface area contributed by atoms with Gasteiger partial charge in [-0.05, 0) is 81.7 Å². The zero-order valence-corrected chi connectivity index (χ0v) is 20.3. The van der Waals surface area contributed by atoms with Crippen LogP contribution in [0, 0.1) is 6.92 Å². The Morgan fingerprint density at radius 2 is 1.82 bits per heavy atom. The lowest BCUT2D eigenvalue weighted by atomic mass is 10.00. The van der Waals surface area contributed by atoms with Crippen molar-refractivity contribution in [2.45, 2.75) is 23.2 Å². The van der Waals surface area contributed by atoms with Gasteiger partial charge >= 0.3 is 0 Å². The van der Waals surface area contributed by atoms with E-state index in [4.69, 9.17) is 17.8 Å². The van der Waals surface area contributed by atoms with Crippen molar-refractivity contribution in [3.8, 4) is 11.5 Å². The van der Waals surface area contributed by atoms with Crippen molar-refractivity contribution in [1.82, 2.24) is 0 Å². The first kappa shape index (κ1) is 20.4. The zero-order chi connectivity index (χ0) is 20.8. The minimum atomic E-state index is -0.160. The Balaban J connectivity index is 0.000000755. The second-order valence-corrected chi connectivity index (χ2v) is 11.9. The van der Waals surface area contributed by atoms with Gasteiger partial charge in [-0.15, -0.1) is 11.8 Å². The van der Waals surface area contributed by atoms with Crippen molar-refractivity contribution in [2.75, 3.05) is 0 Å². The van der Waals surface area contributed by atoms with E-state index in [0.717, 1.165) is 31.8 Å². The molecule has 0 saturated carbocycles. The summed E-state index contributed by atoms with van der Waals surface area (Å²) in [5, 5.41) is 5.34. The second-order valence-electron chi connectivity index (χ2n) is 6.20. The number of aromatic hydroxyl groups is 1. The van der Waals surface area contributed by atoms with E-state index in [-0.39, 0.29) is 11.4 Å². The summed E-state index contributed by atoms with van der Waals surface area (Å²) in [6.45, 7) is 2.01. The first-order valence-corrected chi connectivity index (χ1v) is 14.4. The third-order valence-electron chi connectivity index (χ3n) is 4.26. The molecule has 3 aromatic rings. The third kappa shape index (κ3) is 5.19. The van der Waals surface area contributed by atoms with Crippen LogP contribution in [0.4, 0.5) is 0 Å². The molecule has 0 amide bonds. The van der Waals surface area contributed by atoms with Crippen LogP contribution >= 0.6 is 50.4 Å². The van der Waals surface area contributed by atoms with Crippen LogP contribution in [-0.4, -0.2) is 6.54 Å². The van der Waals surface area contributed by atoms with Crippen molar-refractivity contribution in [2.24, 2.45) is 0 Å². The number of rotatable bonds is 3. The van der Waals surface area contributed by atoms with Gasteiger partial charge in [0.1, 0.15) is 17.6 Å². The maximum Gasteiger partial charge on any atom is 0.293 e. The molecule has 0 bridgehead atoms. The van der Waals surface area contributed by atoms with Gasteiger partial charge in [-0.1, -0.05) is 54.1 Å². The van der Waals surface area contributed by atoms with Crippen molar-refractivity contribution >= 4 is 62.2 Å². The lowest BCUT2D eigenvalue weighted by molar-refractivity contribution is 0.191. The highest BCUT2D eigenvalue weighted by Gasteiger charge is 2.34. The van der Waals surface area contributed by atoms with Crippen LogP contribution in [0.25, 0.3) is 0 Å². The summed E-state index contributed by atoms with van der Waals surface area (Å²) in [6.07, 6.45) is -0.160. The molecule has 7 heteroatoms. The fourth-order valence-electron chi connectivity index (χ4n) is 3.07. The number of aryl methyl sites for hydroxylation is 1. The topological polar surface area (TPSA) is 29.5 Å². The largest absolute Gasteiger partial charge is 0.508 e. The van der Waals surface area contributed by atoms with Gasteiger partial charge in [0.25, 0.3) is 1.43 Å². The Morgan fingerprint density at radius 1 is 1.14 bits per heavy atom. The molecule has 0 spiro atoms. The molecule has 4 rings (SSSR count). The van der Waals surface area contributed by atoms with Crippen LogP contribution in [0.15, 0.2) is 71.6 Å². The Morgan fingerprint density at radius 3 is 2.46 bits per heavy atom. The Kier molecular flexibility index (Phi) is 7.48. The van der Waals surface area contributed by atoms with E-state index in [1.54, 1.807) is 23.9 Å². The smallest absolute Gasteiger partial charge is 0.293 e. The first-order chi connectivity index (χ1) is 14.1. The Bertz CT molecular complexity index is 976. The van der Waals surface area contributed by atoms with Gasteiger partial charge in [0.15, 0.2) is 0 Å². The van der Waals surface area contributed by atoms with E-state index in [0.29, 0.717) is 5.75 Å². The van der Waals surface area contributed by atoms with Gasteiger partial charge in [-0.2, -0.15) is 0 Å². The van der Waals surface area contributed by atoms with Gasteiger partial charge in [0.05, 0.1) is 15.2 Å². The van der Waals surface area contributed by atoms with Crippen LogP contribution in [0.1, 0.15) is 28.0 Å². The molecule has 0 aromatic heterocycles. The summed E-state index contributed by atoms with van der Waals surface area (Å²) in [5.74, 6) is 1.32. The molecule has 1 aliphatic heterocycles. The quantitative estimate of drug-likeness (QED) is 0.259. The van der Waals surface area contributed by atoms with Crippen molar-refractivity contribution in [3.05, 3.63) is 88.4 Å². The number of benzene rings is 3. The molecule has 28 heavy (non-hydrogen) atoms. The molecule has 2 nitrogen and oxygen atoms in total. The number of ether oxygens (including phenoxy) is 1. The van der Waals surface area contributed by atoms with Gasteiger partial charge in [0.2, 0.25) is 0 Å². The molecule has 0 saturated heterocycles. The summed E-state index contributed by atoms with van der Waals surface area (Å²) in [6, 6.07) is 21.8. The molecule has 1 N–H and O–H groups in total. The lowest BCUT2D eigenvalue weighted by Crippen LogP contribution is -2.19. The van der Waals surface area contributed by atoms with E-state index in [2.05, 4.69) is 51.1 Å². The highest BCUT2D eigenvalue weighted by molar-refractivity contribution is 14.2. The van der Waals surface area contributed by atoms with Gasteiger partial charge < -0.3 is 9.85 Å². The lowest BCUT2D eigenvalue weighted by Gasteiger charge is -2.34. The fraction of sp³-hybridized carbons (Fsp3) is 0.143. The average Bonchev–Trinajstić information content (AvgIpc) is 2.74. The predicted molar refractivity (Wildman–Crippen MR) is 131 cm³/mol. The number of hydrogen-bond donors (Lipinski definition) is 1. The molecule has 1 heterocycles. The normalized spacial score (nSPS) is 18.2. The van der Waals surface area contributed by atoms with E-state index in [1.807, 2.05) is 49.4 Å². The minimum Gasteiger partial charge on any atom is -0.508 e. The number of phenols is 1. The predicted octanol–water partition coefficient (Wildman–Crippen LogP) is 8.07. The van der Waals surface area contributed by atoms with Crippen molar-refractivity contribution in [1.29, 1.82) is 1.43 Å².